The summed E-state index contributed by atoms with van der Waals surface area (Å²) in [6, 6.07) is 0. The molecule has 2 unspecified atom stereocenters. The summed E-state index contributed by atoms with van der Waals surface area (Å²) < 4.78 is 11.4. The minimum Gasteiger partial charge on any atom is -0.465 e. The lowest BCUT2D eigenvalue weighted by atomic mass is 9.44. The largest absolute Gasteiger partial charge is 0.465 e. The van der Waals surface area contributed by atoms with Crippen LogP contribution in [0.2, 0.25) is 0 Å². The third-order valence-electron chi connectivity index (χ3n) is 8.18. The molecule has 0 aromatic carbocycles. The van der Waals surface area contributed by atoms with E-state index in [4.69, 9.17) is 9.47 Å². The van der Waals surface area contributed by atoms with E-state index >= 15 is 0 Å². The van der Waals surface area contributed by atoms with Gasteiger partial charge in [-0.2, -0.15) is 0 Å². The van der Waals surface area contributed by atoms with Crippen LogP contribution in [0, 0.1) is 34.0 Å². The van der Waals surface area contributed by atoms with Crippen LogP contribution < -0.4 is 0 Å². The number of carbonyl (C=O) groups excluding carboxylic acids is 3. The molecule has 3 saturated carbocycles. The average molecular weight is 360 g/mol. The van der Waals surface area contributed by atoms with Crippen LogP contribution in [0.1, 0.15) is 39.5 Å². The molecule has 26 heavy (non-hydrogen) atoms. The molecule has 0 aromatic rings. The molecular formula is C20H24O6. The number of aliphatic hydroxyl groups is 1. The number of aliphatic hydroxyl groups excluding tert-OH is 1. The van der Waals surface area contributed by atoms with E-state index in [1.165, 1.54) is 0 Å². The Labute approximate surface area is 151 Å². The van der Waals surface area contributed by atoms with Gasteiger partial charge in [0.15, 0.2) is 11.2 Å². The number of hydrogen-bond donors (Lipinski definition) is 1. The monoisotopic (exact) mass is 360 g/mol. The smallest absolute Gasteiger partial charge is 0.323 e. The summed E-state index contributed by atoms with van der Waals surface area (Å²) in [5, 5.41) is 11.0. The molecule has 5 fully saturated rings. The van der Waals surface area contributed by atoms with Crippen molar-refractivity contribution in [1.82, 2.24) is 0 Å². The molecule has 2 saturated heterocycles. The molecule has 0 radical (unpaired) electrons. The molecule has 0 amide bonds. The fourth-order valence-corrected chi connectivity index (χ4v) is 7.14. The number of hydrogen-bond acceptors (Lipinski definition) is 6. The van der Waals surface area contributed by atoms with Crippen molar-refractivity contribution in [2.75, 3.05) is 6.61 Å². The highest BCUT2D eigenvalue weighted by Gasteiger charge is 2.80. The molecule has 1 N–H and O–H groups in total. The number of rotatable bonds is 0. The molecule has 2 aliphatic heterocycles. The molecule has 2 bridgehead atoms. The zero-order valence-corrected chi connectivity index (χ0v) is 15.1. The lowest BCUT2D eigenvalue weighted by Gasteiger charge is -2.61. The Kier molecular flexibility index (Phi) is 2.91. The lowest BCUT2D eigenvalue weighted by molar-refractivity contribution is -0.244. The van der Waals surface area contributed by atoms with Crippen molar-refractivity contribution >= 4 is 17.7 Å². The lowest BCUT2D eigenvalue weighted by Crippen LogP contribution is -2.70. The van der Waals surface area contributed by atoms with Gasteiger partial charge < -0.3 is 14.6 Å². The van der Waals surface area contributed by atoms with Crippen LogP contribution in [0.4, 0.5) is 0 Å². The molecule has 3 aliphatic carbocycles. The van der Waals surface area contributed by atoms with Crippen LogP contribution in [0.25, 0.3) is 0 Å². The Balaban J connectivity index is 1.75. The highest BCUT2D eigenvalue weighted by atomic mass is 16.6. The molecule has 6 heteroatoms. The third kappa shape index (κ3) is 1.46. The van der Waals surface area contributed by atoms with E-state index in [9.17, 15) is 19.5 Å². The van der Waals surface area contributed by atoms with E-state index in [1.807, 2.05) is 13.8 Å². The quantitative estimate of drug-likeness (QED) is 0.399. The van der Waals surface area contributed by atoms with Gasteiger partial charge in [-0.05, 0) is 42.6 Å². The zero-order valence-electron chi connectivity index (χ0n) is 15.1. The van der Waals surface area contributed by atoms with Gasteiger partial charge in [0.05, 0.1) is 17.4 Å². The Bertz CT molecular complexity index is 768. The number of esters is 2. The van der Waals surface area contributed by atoms with E-state index in [-0.39, 0.29) is 18.0 Å². The van der Waals surface area contributed by atoms with Gasteiger partial charge in [0, 0.05) is 5.92 Å². The number of cyclic esters (lactones) is 1. The van der Waals surface area contributed by atoms with Crippen LogP contribution in [0.5, 0.6) is 0 Å². The van der Waals surface area contributed by atoms with Crippen LogP contribution in [0.15, 0.2) is 12.2 Å². The maximum Gasteiger partial charge on any atom is 0.323 e. The predicted octanol–water partition coefficient (Wildman–Crippen LogP) is 1.40. The molecule has 5 rings (SSSR count). The molecule has 0 aromatic heterocycles. The summed E-state index contributed by atoms with van der Waals surface area (Å²) in [4.78, 5) is 39.0. The molecule has 6 nitrogen and oxygen atoms in total. The standard InChI is InChI=1S/C20H24O6/c1-9-10-4-5-11-19-8-25-16(23)13(19)18(2,3)7-6-12(19)26-17(24)20(11,14(9)21)15(10)22/h10-13,15,22H,1,4-8H2,2-3H3/t10-,11?,12-,13?,15-,19+,20-/m0/s1. The number of Topliss-reactive ketones (excluding diaryl/α,β-unsaturated/α-hetero) is 1. The van der Waals surface area contributed by atoms with E-state index < -0.39 is 52.5 Å². The van der Waals surface area contributed by atoms with Gasteiger partial charge in [-0.3, -0.25) is 14.4 Å². The average Bonchev–Trinajstić information content (AvgIpc) is 2.98. The van der Waals surface area contributed by atoms with Gasteiger partial charge in [-0.25, -0.2) is 0 Å². The maximum absolute atomic E-state index is 13.2. The van der Waals surface area contributed by atoms with Crippen molar-refractivity contribution in [2.24, 2.45) is 34.0 Å². The van der Waals surface area contributed by atoms with Crippen molar-refractivity contribution in [3.05, 3.63) is 12.2 Å². The molecule has 5 aliphatic rings. The Morgan fingerprint density at radius 1 is 1.15 bits per heavy atom. The number of ether oxygens (including phenoxy) is 2. The highest BCUT2D eigenvalue weighted by Crippen LogP contribution is 2.70. The third-order valence-corrected chi connectivity index (χ3v) is 8.18. The van der Waals surface area contributed by atoms with Crippen LogP contribution in [-0.4, -0.2) is 41.6 Å². The first-order valence-corrected chi connectivity index (χ1v) is 9.48. The first kappa shape index (κ1) is 16.5. The number of fused-ring (bicyclic) bond motifs is 1. The Morgan fingerprint density at radius 3 is 2.62 bits per heavy atom. The van der Waals surface area contributed by atoms with Gasteiger partial charge in [0.2, 0.25) is 0 Å². The summed E-state index contributed by atoms with van der Waals surface area (Å²) in [7, 11) is 0. The Hall–Kier alpha value is -1.69. The van der Waals surface area contributed by atoms with Crippen LogP contribution in [0.3, 0.4) is 0 Å². The maximum atomic E-state index is 13.2. The minimum atomic E-state index is -1.61. The number of carbonyl (C=O) groups is 3. The van der Waals surface area contributed by atoms with Gasteiger partial charge >= 0.3 is 11.9 Å². The summed E-state index contributed by atoms with van der Waals surface area (Å²) in [5.74, 6) is -2.57. The van der Waals surface area contributed by atoms with E-state index in [2.05, 4.69) is 6.58 Å². The first-order chi connectivity index (χ1) is 12.2. The second-order valence-corrected chi connectivity index (χ2v) is 9.48. The number of ketones is 1. The van der Waals surface area contributed by atoms with Gasteiger partial charge in [-0.15, -0.1) is 0 Å². The second-order valence-electron chi connectivity index (χ2n) is 9.48. The van der Waals surface area contributed by atoms with Crippen LogP contribution >= 0.6 is 0 Å². The molecular weight excluding hydrogens is 336 g/mol. The van der Waals surface area contributed by atoms with Crippen molar-refractivity contribution in [3.63, 3.8) is 0 Å². The Morgan fingerprint density at radius 2 is 1.88 bits per heavy atom. The zero-order chi connectivity index (χ0) is 18.6. The predicted molar refractivity (Wildman–Crippen MR) is 88.6 cm³/mol. The molecule has 140 valence electrons. The second kappa shape index (κ2) is 4.58. The van der Waals surface area contributed by atoms with Gasteiger partial charge in [-0.1, -0.05) is 20.4 Å². The van der Waals surface area contributed by atoms with Crippen LogP contribution in [-0.2, 0) is 23.9 Å². The molecule has 2 heterocycles. The highest BCUT2D eigenvalue weighted by molar-refractivity contribution is 6.16. The van der Waals surface area contributed by atoms with Crippen molar-refractivity contribution in [1.29, 1.82) is 0 Å². The SMILES string of the molecule is C=C1C(=O)[C@@]23C(=O)O[C@H]4CCC(C)(C)C5C(=O)OC[C@]54C2CC[C@@H]1[C@@H]3O. The minimum absolute atomic E-state index is 0.154. The molecule has 7 atom stereocenters. The molecule has 2 spiro atoms. The normalized spacial score (nSPS) is 51.3. The fraction of sp³-hybridized carbons (Fsp3) is 0.750. The summed E-state index contributed by atoms with van der Waals surface area (Å²) in [6.45, 7) is 8.11. The van der Waals surface area contributed by atoms with Crippen molar-refractivity contribution < 1.29 is 29.0 Å². The van der Waals surface area contributed by atoms with Gasteiger partial charge in [0.1, 0.15) is 12.7 Å². The van der Waals surface area contributed by atoms with Crippen molar-refractivity contribution in [3.8, 4) is 0 Å². The summed E-state index contributed by atoms with van der Waals surface area (Å²) in [5.41, 5.74) is -2.34. The summed E-state index contributed by atoms with van der Waals surface area (Å²) >= 11 is 0. The fourth-order valence-electron chi connectivity index (χ4n) is 7.14. The van der Waals surface area contributed by atoms with E-state index in [1.54, 1.807) is 0 Å². The van der Waals surface area contributed by atoms with E-state index in [0.717, 1.165) is 6.42 Å². The topological polar surface area (TPSA) is 89.9 Å². The van der Waals surface area contributed by atoms with Gasteiger partial charge in [0.25, 0.3) is 0 Å². The van der Waals surface area contributed by atoms with E-state index in [0.29, 0.717) is 24.8 Å². The first-order valence-electron chi connectivity index (χ1n) is 9.48. The summed E-state index contributed by atoms with van der Waals surface area (Å²) in [6.07, 6.45) is 1.03. The van der Waals surface area contributed by atoms with Crippen molar-refractivity contribution in [2.45, 2.75) is 51.7 Å².